The lowest BCUT2D eigenvalue weighted by molar-refractivity contribution is -0.117. The second-order valence-electron chi connectivity index (χ2n) is 5.25. The van der Waals surface area contributed by atoms with Gasteiger partial charge >= 0.3 is 0 Å². The summed E-state index contributed by atoms with van der Waals surface area (Å²) in [7, 11) is 2.96. The van der Waals surface area contributed by atoms with Crippen molar-refractivity contribution in [1.29, 1.82) is 5.26 Å². The number of nitrogens with zero attached hydrogens (tertiary/aromatic N) is 1. The summed E-state index contributed by atoms with van der Waals surface area (Å²) >= 11 is 5.92. The van der Waals surface area contributed by atoms with Gasteiger partial charge in [-0.05, 0) is 41.5 Å². The molecule has 0 fully saturated rings. The molecule has 6 nitrogen and oxygen atoms in total. The van der Waals surface area contributed by atoms with Crippen LogP contribution in [0.3, 0.4) is 0 Å². The van der Waals surface area contributed by atoms with Gasteiger partial charge in [0.05, 0.1) is 19.2 Å². The smallest absolute Gasteiger partial charge is 0.262 e. The number of nitriles is 1. The molecular formula is C19H17ClN2O4. The standard InChI is InChI=1S/C19H17ClN2O4/c1-25-15-5-3-12(4-6-15)11-22-19(24)14(10-21)7-13-8-16(20)18(23)17(9-13)26-2/h3-9,23H,11H2,1-2H3,(H,22,24)/b14-7-. The van der Waals surface area contributed by atoms with Gasteiger partial charge in [-0.3, -0.25) is 4.79 Å². The van der Waals surface area contributed by atoms with Crippen LogP contribution in [-0.4, -0.2) is 25.2 Å². The highest BCUT2D eigenvalue weighted by atomic mass is 35.5. The van der Waals surface area contributed by atoms with E-state index in [-0.39, 0.29) is 28.6 Å². The average Bonchev–Trinajstić information content (AvgIpc) is 2.67. The minimum Gasteiger partial charge on any atom is -0.503 e. The molecule has 134 valence electrons. The first-order valence-electron chi connectivity index (χ1n) is 7.58. The highest BCUT2D eigenvalue weighted by Gasteiger charge is 2.12. The maximum absolute atomic E-state index is 12.2. The molecule has 0 radical (unpaired) electrons. The van der Waals surface area contributed by atoms with Crippen LogP contribution in [0.1, 0.15) is 11.1 Å². The topological polar surface area (TPSA) is 91.6 Å². The third kappa shape index (κ3) is 4.68. The van der Waals surface area contributed by atoms with E-state index >= 15 is 0 Å². The Morgan fingerprint density at radius 3 is 2.54 bits per heavy atom. The van der Waals surface area contributed by atoms with Crippen LogP contribution >= 0.6 is 11.6 Å². The Morgan fingerprint density at radius 2 is 1.96 bits per heavy atom. The molecule has 0 atom stereocenters. The summed E-state index contributed by atoms with van der Waals surface area (Å²) in [5, 5.41) is 21.7. The molecule has 7 heteroatoms. The van der Waals surface area contributed by atoms with Crippen molar-refractivity contribution in [2.75, 3.05) is 14.2 Å². The first-order valence-corrected chi connectivity index (χ1v) is 7.95. The summed E-state index contributed by atoms with van der Waals surface area (Å²) < 4.78 is 10.1. The van der Waals surface area contributed by atoms with Crippen LogP contribution in [0.15, 0.2) is 42.0 Å². The number of halogens is 1. The minimum atomic E-state index is -0.522. The highest BCUT2D eigenvalue weighted by Crippen LogP contribution is 2.35. The second-order valence-corrected chi connectivity index (χ2v) is 5.66. The number of carbonyl (C=O) groups excluding carboxylic acids is 1. The first kappa shape index (κ1) is 19.2. The van der Waals surface area contributed by atoms with Gasteiger partial charge < -0.3 is 19.9 Å². The van der Waals surface area contributed by atoms with Crippen LogP contribution in [0.25, 0.3) is 6.08 Å². The number of carbonyl (C=O) groups is 1. The molecule has 0 heterocycles. The summed E-state index contributed by atoms with van der Waals surface area (Å²) in [6.45, 7) is 0.265. The Bertz CT molecular complexity index is 870. The number of benzene rings is 2. The van der Waals surface area contributed by atoms with Gasteiger partial charge in [0.2, 0.25) is 0 Å². The molecule has 2 aromatic carbocycles. The molecule has 0 saturated heterocycles. The molecule has 0 aromatic heterocycles. The molecule has 0 spiro atoms. The van der Waals surface area contributed by atoms with Crippen LogP contribution in [0.4, 0.5) is 0 Å². The number of rotatable bonds is 6. The van der Waals surface area contributed by atoms with Gasteiger partial charge in [0.25, 0.3) is 5.91 Å². The maximum Gasteiger partial charge on any atom is 0.262 e. The molecule has 2 N–H and O–H groups in total. The lowest BCUT2D eigenvalue weighted by Crippen LogP contribution is -2.23. The fourth-order valence-corrected chi connectivity index (χ4v) is 2.39. The van der Waals surface area contributed by atoms with Gasteiger partial charge in [0.1, 0.15) is 17.4 Å². The van der Waals surface area contributed by atoms with E-state index in [9.17, 15) is 15.2 Å². The van der Waals surface area contributed by atoms with E-state index in [1.165, 1.54) is 25.3 Å². The Balaban J connectivity index is 2.14. The maximum atomic E-state index is 12.2. The first-order chi connectivity index (χ1) is 12.5. The van der Waals surface area contributed by atoms with Crippen LogP contribution < -0.4 is 14.8 Å². The molecule has 26 heavy (non-hydrogen) atoms. The normalized spacial score (nSPS) is 10.8. The Morgan fingerprint density at radius 1 is 1.27 bits per heavy atom. The van der Waals surface area contributed by atoms with E-state index in [2.05, 4.69) is 5.32 Å². The molecule has 0 saturated carbocycles. The van der Waals surface area contributed by atoms with Crippen molar-refractivity contribution in [1.82, 2.24) is 5.32 Å². The number of phenols is 1. The Kier molecular flexibility index (Phi) is 6.48. The van der Waals surface area contributed by atoms with E-state index < -0.39 is 5.91 Å². The number of methoxy groups -OCH3 is 2. The van der Waals surface area contributed by atoms with Crippen molar-refractivity contribution in [2.45, 2.75) is 6.54 Å². The van der Waals surface area contributed by atoms with E-state index in [0.717, 1.165) is 11.3 Å². The van der Waals surface area contributed by atoms with Crippen molar-refractivity contribution < 1.29 is 19.4 Å². The molecule has 0 aliphatic rings. The SMILES string of the molecule is COc1ccc(CNC(=O)/C(C#N)=C\c2cc(Cl)c(O)c(OC)c2)cc1. The van der Waals surface area contributed by atoms with Crippen LogP contribution in [0.5, 0.6) is 17.2 Å². The lowest BCUT2D eigenvalue weighted by Gasteiger charge is -2.08. The molecule has 0 bridgehead atoms. The summed E-state index contributed by atoms with van der Waals surface area (Å²) in [5.41, 5.74) is 1.23. The van der Waals surface area contributed by atoms with Crippen molar-refractivity contribution in [3.63, 3.8) is 0 Å². The van der Waals surface area contributed by atoms with E-state index in [1.54, 1.807) is 19.2 Å². The quantitative estimate of drug-likeness (QED) is 0.599. The third-order valence-corrected chi connectivity index (χ3v) is 3.85. The number of ether oxygens (including phenoxy) is 2. The zero-order chi connectivity index (χ0) is 19.1. The predicted octanol–water partition coefficient (Wildman–Crippen LogP) is 3.29. The van der Waals surface area contributed by atoms with Crippen LogP contribution in [0, 0.1) is 11.3 Å². The largest absolute Gasteiger partial charge is 0.503 e. The fraction of sp³-hybridized carbons (Fsp3) is 0.158. The number of amides is 1. The molecular weight excluding hydrogens is 356 g/mol. The van der Waals surface area contributed by atoms with Crippen molar-refractivity contribution in [3.8, 4) is 23.3 Å². The number of hydrogen-bond acceptors (Lipinski definition) is 5. The Hall–Kier alpha value is -3.17. The van der Waals surface area contributed by atoms with Crippen molar-refractivity contribution >= 4 is 23.6 Å². The predicted molar refractivity (Wildman–Crippen MR) is 98.1 cm³/mol. The molecule has 0 unspecified atom stereocenters. The van der Waals surface area contributed by atoms with Crippen molar-refractivity contribution in [3.05, 3.63) is 58.1 Å². The Labute approximate surface area is 156 Å². The van der Waals surface area contributed by atoms with Gasteiger partial charge in [-0.1, -0.05) is 23.7 Å². The van der Waals surface area contributed by atoms with Gasteiger partial charge in [-0.25, -0.2) is 0 Å². The van der Waals surface area contributed by atoms with Gasteiger partial charge in [0, 0.05) is 6.54 Å². The average molecular weight is 373 g/mol. The molecule has 1 amide bonds. The molecule has 2 rings (SSSR count). The lowest BCUT2D eigenvalue weighted by atomic mass is 10.1. The van der Waals surface area contributed by atoms with Gasteiger partial charge in [0.15, 0.2) is 11.5 Å². The summed E-state index contributed by atoms with van der Waals surface area (Å²) in [4.78, 5) is 12.2. The number of hydrogen-bond donors (Lipinski definition) is 2. The summed E-state index contributed by atoms with van der Waals surface area (Å²) in [6, 6.07) is 12.0. The van der Waals surface area contributed by atoms with Gasteiger partial charge in [-0.2, -0.15) is 5.26 Å². The van der Waals surface area contributed by atoms with Gasteiger partial charge in [-0.15, -0.1) is 0 Å². The van der Waals surface area contributed by atoms with Crippen LogP contribution in [0.2, 0.25) is 5.02 Å². The third-order valence-electron chi connectivity index (χ3n) is 3.56. The minimum absolute atomic E-state index is 0.0616. The van der Waals surface area contributed by atoms with E-state index in [0.29, 0.717) is 5.56 Å². The number of phenolic OH excluding ortho intramolecular Hbond substituents is 1. The highest BCUT2D eigenvalue weighted by molar-refractivity contribution is 6.32. The number of aromatic hydroxyl groups is 1. The van der Waals surface area contributed by atoms with E-state index in [1.807, 2.05) is 18.2 Å². The number of nitrogens with one attached hydrogen (secondary N) is 1. The summed E-state index contributed by atoms with van der Waals surface area (Å²) in [5.74, 6) is 0.149. The zero-order valence-electron chi connectivity index (χ0n) is 14.2. The van der Waals surface area contributed by atoms with Crippen LogP contribution in [-0.2, 0) is 11.3 Å². The molecule has 0 aliphatic carbocycles. The van der Waals surface area contributed by atoms with Crippen molar-refractivity contribution in [2.24, 2.45) is 0 Å². The summed E-state index contributed by atoms with van der Waals surface area (Å²) in [6.07, 6.45) is 1.37. The molecule has 0 aliphatic heterocycles. The second kappa shape index (κ2) is 8.79. The van der Waals surface area contributed by atoms with E-state index in [4.69, 9.17) is 21.1 Å². The fourth-order valence-electron chi connectivity index (χ4n) is 2.17. The monoisotopic (exact) mass is 372 g/mol. The molecule has 2 aromatic rings. The zero-order valence-corrected chi connectivity index (χ0v) is 15.0.